The highest BCUT2D eigenvalue weighted by molar-refractivity contribution is 7.89. The Labute approximate surface area is 127 Å². The van der Waals surface area contributed by atoms with Crippen LogP contribution in [0.5, 0.6) is 0 Å². The number of nitrogens with two attached hydrogens (primary N) is 1. The van der Waals surface area contributed by atoms with E-state index in [1.807, 2.05) is 0 Å². The lowest BCUT2D eigenvalue weighted by molar-refractivity contribution is 0.258. The van der Waals surface area contributed by atoms with Gasteiger partial charge in [-0.25, -0.2) is 17.7 Å². The van der Waals surface area contributed by atoms with Gasteiger partial charge in [0.05, 0.1) is 0 Å². The fraction of sp³-hybridized carbons (Fsp3) is 0.643. The van der Waals surface area contributed by atoms with Crippen LogP contribution in [-0.4, -0.2) is 51.4 Å². The number of sulfonamides is 1. The molecule has 1 saturated heterocycles. The second-order valence-corrected chi connectivity index (χ2v) is 8.29. The largest absolute Gasteiger partial charge is 0.357 e. The van der Waals surface area contributed by atoms with Gasteiger partial charge in [0.1, 0.15) is 10.7 Å². The zero-order valence-corrected chi connectivity index (χ0v) is 13.7. The van der Waals surface area contributed by atoms with Gasteiger partial charge in [0.15, 0.2) is 0 Å². The zero-order valence-electron chi connectivity index (χ0n) is 12.9. The summed E-state index contributed by atoms with van der Waals surface area (Å²) in [6.07, 6.45) is 3.49. The third-order valence-corrected chi connectivity index (χ3v) is 6.09. The SMILES string of the molecule is CN(C)S(=O)(=O)c1ccc(N2CCC(C)(CN)CC2)nc1. The van der Waals surface area contributed by atoms with Gasteiger partial charge in [-0.15, -0.1) is 0 Å². The van der Waals surface area contributed by atoms with Crippen molar-refractivity contribution in [3.8, 4) is 0 Å². The van der Waals surface area contributed by atoms with Crippen LogP contribution in [0.2, 0.25) is 0 Å². The molecule has 0 spiro atoms. The first kappa shape index (κ1) is 16.2. The Morgan fingerprint density at radius 1 is 1.33 bits per heavy atom. The lowest BCUT2D eigenvalue weighted by Crippen LogP contribution is -2.42. The molecule has 0 amide bonds. The van der Waals surface area contributed by atoms with E-state index in [1.54, 1.807) is 12.1 Å². The fourth-order valence-electron chi connectivity index (χ4n) is 2.40. The molecule has 0 aliphatic carbocycles. The van der Waals surface area contributed by atoms with Crippen LogP contribution < -0.4 is 10.6 Å². The summed E-state index contributed by atoms with van der Waals surface area (Å²) in [5, 5.41) is 0. The standard InChI is InChI=1S/C14H24N4O2S/c1-14(11-15)6-8-18(9-7-14)13-5-4-12(10-16-13)21(19,20)17(2)3/h4-5,10H,6-9,11,15H2,1-3H3. The molecule has 1 aromatic heterocycles. The highest BCUT2D eigenvalue weighted by atomic mass is 32.2. The molecule has 0 unspecified atom stereocenters. The molecule has 2 rings (SSSR count). The maximum absolute atomic E-state index is 12.0. The van der Waals surface area contributed by atoms with Gasteiger partial charge in [0.2, 0.25) is 10.0 Å². The van der Waals surface area contributed by atoms with E-state index in [0.717, 1.165) is 31.7 Å². The third kappa shape index (κ3) is 3.36. The van der Waals surface area contributed by atoms with Crippen molar-refractivity contribution in [2.24, 2.45) is 11.1 Å². The van der Waals surface area contributed by atoms with Crippen LogP contribution in [0, 0.1) is 5.41 Å². The molecule has 118 valence electrons. The monoisotopic (exact) mass is 312 g/mol. The first-order chi connectivity index (χ1) is 9.78. The Morgan fingerprint density at radius 2 is 1.95 bits per heavy atom. The predicted octanol–water partition coefficient (Wildman–Crippen LogP) is 0.897. The zero-order chi connectivity index (χ0) is 15.7. The molecule has 21 heavy (non-hydrogen) atoms. The Balaban J connectivity index is 2.11. The first-order valence-corrected chi connectivity index (χ1v) is 8.56. The van der Waals surface area contributed by atoms with Crippen molar-refractivity contribution in [2.75, 3.05) is 38.6 Å². The normalized spacial score (nSPS) is 19.0. The van der Waals surface area contributed by atoms with E-state index in [4.69, 9.17) is 5.73 Å². The molecule has 0 saturated carbocycles. The lowest BCUT2D eigenvalue weighted by atomic mass is 9.80. The molecule has 1 aliphatic rings. The van der Waals surface area contributed by atoms with Gasteiger partial charge in [-0.3, -0.25) is 0 Å². The van der Waals surface area contributed by atoms with Gasteiger partial charge in [0.25, 0.3) is 0 Å². The number of hydrogen-bond donors (Lipinski definition) is 1. The highest BCUT2D eigenvalue weighted by Crippen LogP contribution is 2.31. The lowest BCUT2D eigenvalue weighted by Gasteiger charge is -2.39. The Bertz CT molecular complexity index is 575. The van der Waals surface area contributed by atoms with E-state index in [2.05, 4.69) is 16.8 Å². The number of anilines is 1. The maximum Gasteiger partial charge on any atom is 0.244 e. The molecular weight excluding hydrogens is 288 g/mol. The van der Waals surface area contributed by atoms with Gasteiger partial charge >= 0.3 is 0 Å². The number of piperidine rings is 1. The second-order valence-electron chi connectivity index (χ2n) is 6.14. The minimum absolute atomic E-state index is 0.213. The molecule has 2 N–H and O–H groups in total. The van der Waals surface area contributed by atoms with Gasteiger partial charge < -0.3 is 10.6 Å². The molecule has 1 aliphatic heterocycles. The molecule has 2 heterocycles. The van der Waals surface area contributed by atoms with Crippen molar-refractivity contribution < 1.29 is 8.42 Å². The molecular formula is C14H24N4O2S. The van der Waals surface area contributed by atoms with Crippen LogP contribution in [0.25, 0.3) is 0 Å². The van der Waals surface area contributed by atoms with Crippen LogP contribution >= 0.6 is 0 Å². The van der Waals surface area contributed by atoms with E-state index in [9.17, 15) is 8.42 Å². The second kappa shape index (κ2) is 5.90. The number of hydrogen-bond acceptors (Lipinski definition) is 5. The Kier molecular flexibility index (Phi) is 4.55. The van der Waals surface area contributed by atoms with Crippen molar-refractivity contribution in [1.29, 1.82) is 0 Å². The number of aromatic nitrogens is 1. The molecule has 1 fully saturated rings. The first-order valence-electron chi connectivity index (χ1n) is 7.12. The van der Waals surface area contributed by atoms with Crippen molar-refractivity contribution in [1.82, 2.24) is 9.29 Å². The van der Waals surface area contributed by atoms with Crippen LogP contribution in [-0.2, 0) is 10.0 Å². The molecule has 0 bridgehead atoms. The van der Waals surface area contributed by atoms with Gasteiger partial charge in [0, 0.05) is 33.4 Å². The van der Waals surface area contributed by atoms with Crippen LogP contribution in [0.4, 0.5) is 5.82 Å². The van der Waals surface area contributed by atoms with Gasteiger partial charge in [-0.1, -0.05) is 6.92 Å². The number of pyridine rings is 1. The smallest absolute Gasteiger partial charge is 0.244 e. The number of rotatable bonds is 4. The Morgan fingerprint density at radius 3 is 2.38 bits per heavy atom. The molecule has 0 aromatic carbocycles. The van der Waals surface area contributed by atoms with E-state index < -0.39 is 10.0 Å². The molecule has 7 heteroatoms. The summed E-state index contributed by atoms with van der Waals surface area (Å²) in [5.74, 6) is 0.826. The summed E-state index contributed by atoms with van der Waals surface area (Å²) in [4.78, 5) is 6.72. The summed E-state index contributed by atoms with van der Waals surface area (Å²) in [6, 6.07) is 3.40. The summed E-state index contributed by atoms with van der Waals surface area (Å²) in [7, 11) is -0.380. The van der Waals surface area contributed by atoms with Crippen molar-refractivity contribution >= 4 is 15.8 Å². The third-order valence-electron chi connectivity index (χ3n) is 4.29. The van der Waals surface area contributed by atoms with Gasteiger partial charge in [-0.05, 0) is 36.9 Å². The number of nitrogens with zero attached hydrogens (tertiary/aromatic N) is 3. The maximum atomic E-state index is 12.0. The fourth-order valence-corrected chi connectivity index (χ4v) is 3.25. The van der Waals surface area contributed by atoms with Crippen LogP contribution in [0.15, 0.2) is 23.2 Å². The minimum Gasteiger partial charge on any atom is -0.357 e. The summed E-state index contributed by atoms with van der Waals surface area (Å²) in [5.41, 5.74) is 6.03. The van der Waals surface area contributed by atoms with E-state index in [-0.39, 0.29) is 10.3 Å². The van der Waals surface area contributed by atoms with Gasteiger partial charge in [-0.2, -0.15) is 0 Å². The topological polar surface area (TPSA) is 79.5 Å². The van der Waals surface area contributed by atoms with Crippen LogP contribution in [0.1, 0.15) is 19.8 Å². The average molecular weight is 312 g/mol. The predicted molar refractivity (Wildman–Crippen MR) is 83.7 cm³/mol. The minimum atomic E-state index is -3.41. The van der Waals surface area contributed by atoms with E-state index in [1.165, 1.54) is 24.6 Å². The molecule has 0 radical (unpaired) electrons. The molecule has 0 atom stereocenters. The molecule has 1 aromatic rings. The quantitative estimate of drug-likeness (QED) is 0.893. The summed E-state index contributed by atoms with van der Waals surface area (Å²) >= 11 is 0. The molecule has 6 nitrogen and oxygen atoms in total. The van der Waals surface area contributed by atoms with E-state index in [0.29, 0.717) is 6.54 Å². The Hall–Kier alpha value is -1.18. The van der Waals surface area contributed by atoms with Crippen molar-refractivity contribution in [3.05, 3.63) is 18.3 Å². The van der Waals surface area contributed by atoms with Crippen LogP contribution in [0.3, 0.4) is 0 Å². The average Bonchev–Trinajstić information content (AvgIpc) is 2.48. The summed E-state index contributed by atoms with van der Waals surface area (Å²) in [6.45, 7) is 4.72. The summed E-state index contributed by atoms with van der Waals surface area (Å²) < 4.78 is 25.2. The highest BCUT2D eigenvalue weighted by Gasteiger charge is 2.29. The van der Waals surface area contributed by atoms with Crippen molar-refractivity contribution in [2.45, 2.75) is 24.7 Å². The van der Waals surface area contributed by atoms with E-state index >= 15 is 0 Å². The van der Waals surface area contributed by atoms with Crippen molar-refractivity contribution in [3.63, 3.8) is 0 Å².